The summed E-state index contributed by atoms with van der Waals surface area (Å²) in [4.78, 5) is 17.6. The van der Waals surface area contributed by atoms with Gasteiger partial charge in [0.25, 0.3) is 5.91 Å². The molecule has 1 aromatic heterocycles. The lowest BCUT2D eigenvalue weighted by molar-refractivity contribution is 0.0779. The van der Waals surface area contributed by atoms with Gasteiger partial charge in [-0.2, -0.15) is 0 Å². The van der Waals surface area contributed by atoms with Gasteiger partial charge in [-0.3, -0.25) is 4.79 Å². The van der Waals surface area contributed by atoms with Crippen LogP contribution in [0.3, 0.4) is 0 Å². The molecule has 0 aliphatic carbocycles. The third-order valence-corrected chi connectivity index (χ3v) is 2.76. The fraction of sp³-hybridized carbons (Fsp3) is 0.455. The van der Waals surface area contributed by atoms with Crippen molar-refractivity contribution >= 4 is 33.4 Å². The number of hydrogen-bond donors (Lipinski definition) is 0. The zero-order chi connectivity index (χ0) is 12.3. The van der Waals surface area contributed by atoms with Crippen molar-refractivity contribution in [3.8, 4) is 0 Å². The molecule has 0 aliphatic rings. The molecule has 1 rings (SSSR count). The van der Waals surface area contributed by atoms with Crippen LogP contribution in [0.4, 0.5) is 0 Å². The van der Waals surface area contributed by atoms with Crippen molar-refractivity contribution in [2.75, 3.05) is 13.6 Å². The van der Waals surface area contributed by atoms with Gasteiger partial charge in [0.1, 0.15) is 5.15 Å². The summed E-state index contributed by atoms with van der Waals surface area (Å²) in [5.41, 5.74) is 0.430. The minimum atomic E-state index is -0.104. The number of carbonyl (C=O) groups excluding carboxylic acids is 1. The molecule has 0 saturated heterocycles. The van der Waals surface area contributed by atoms with Gasteiger partial charge < -0.3 is 4.90 Å². The van der Waals surface area contributed by atoms with Gasteiger partial charge >= 0.3 is 0 Å². The lowest BCUT2D eigenvalue weighted by Crippen LogP contribution is -2.30. The standard InChI is InChI=1S/C11H14BrClN2O/c1-7(2)6-15(3)11(16)9-4-8(12)5-14-10(9)13/h4-5,7H,6H2,1-3H3. The zero-order valence-electron chi connectivity index (χ0n) is 9.50. The van der Waals surface area contributed by atoms with Crippen LogP contribution >= 0.6 is 27.5 Å². The molecule has 1 amide bonds. The summed E-state index contributed by atoms with van der Waals surface area (Å²) in [6.45, 7) is 4.82. The van der Waals surface area contributed by atoms with Gasteiger partial charge in [0.05, 0.1) is 5.56 Å². The molecule has 0 bridgehead atoms. The SMILES string of the molecule is CC(C)CN(C)C(=O)c1cc(Br)cnc1Cl. The number of aromatic nitrogens is 1. The van der Waals surface area contributed by atoms with Gasteiger partial charge in [-0.05, 0) is 27.9 Å². The van der Waals surface area contributed by atoms with Gasteiger partial charge in [-0.1, -0.05) is 25.4 Å². The summed E-state index contributed by atoms with van der Waals surface area (Å²) in [7, 11) is 1.76. The second-order valence-electron chi connectivity index (χ2n) is 4.07. The fourth-order valence-corrected chi connectivity index (χ4v) is 1.92. The topological polar surface area (TPSA) is 33.2 Å². The van der Waals surface area contributed by atoms with E-state index in [1.54, 1.807) is 24.2 Å². The van der Waals surface area contributed by atoms with Crippen LogP contribution in [-0.2, 0) is 0 Å². The Labute approximate surface area is 109 Å². The van der Waals surface area contributed by atoms with Gasteiger partial charge in [0.2, 0.25) is 0 Å². The molecule has 0 spiro atoms. The first-order chi connectivity index (χ1) is 7.41. The van der Waals surface area contributed by atoms with E-state index < -0.39 is 0 Å². The Morgan fingerprint density at radius 1 is 1.62 bits per heavy atom. The van der Waals surface area contributed by atoms with Crippen molar-refractivity contribution in [1.29, 1.82) is 0 Å². The number of carbonyl (C=O) groups is 1. The minimum absolute atomic E-state index is 0.104. The van der Waals surface area contributed by atoms with Crippen LogP contribution in [0.2, 0.25) is 5.15 Å². The molecular formula is C11H14BrClN2O. The lowest BCUT2D eigenvalue weighted by atomic mass is 10.2. The van der Waals surface area contributed by atoms with E-state index in [9.17, 15) is 4.79 Å². The van der Waals surface area contributed by atoms with Crippen molar-refractivity contribution in [1.82, 2.24) is 9.88 Å². The smallest absolute Gasteiger partial charge is 0.256 e. The maximum absolute atomic E-state index is 12.0. The predicted molar refractivity (Wildman–Crippen MR) is 68.7 cm³/mol. The molecule has 1 heterocycles. The summed E-state index contributed by atoms with van der Waals surface area (Å²) < 4.78 is 0.748. The van der Waals surface area contributed by atoms with E-state index in [2.05, 4.69) is 34.8 Å². The van der Waals surface area contributed by atoms with Crippen molar-refractivity contribution in [3.05, 3.63) is 27.5 Å². The predicted octanol–water partition coefficient (Wildman–Crippen LogP) is 3.23. The second kappa shape index (κ2) is 5.64. The summed E-state index contributed by atoms with van der Waals surface area (Å²) >= 11 is 9.16. The van der Waals surface area contributed by atoms with E-state index in [-0.39, 0.29) is 11.1 Å². The van der Waals surface area contributed by atoms with Crippen molar-refractivity contribution in [2.45, 2.75) is 13.8 Å². The number of rotatable bonds is 3. The van der Waals surface area contributed by atoms with Crippen LogP contribution in [0.25, 0.3) is 0 Å². The lowest BCUT2D eigenvalue weighted by Gasteiger charge is -2.19. The monoisotopic (exact) mass is 304 g/mol. The maximum atomic E-state index is 12.0. The molecule has 5 heteroatoms. The number of nitrogens with zero attached hydrogens (tertiary/aromatic N) is 2. The molecule has 0 aromatic carbocycles. The molecule has 88 valence electrons. The molecular weight excluding hydrogens is 291 g/mol. The van der Waals surface area contributed by atoms with E-state index in [0.29, 0.717) is 18.0 Å². The Bertz CT molecular complexity index is 396. The van der Waals surface area contributed by atoms with Crippen LogP contribution in [0.1, 0.15) is 24.2 Å². The molecule has 3 nitrogen and oxygen atoms in total. The summed E-state index contributed by atoms with van der Waals surface area (Å²) in [5, 5.41) is 0.240. The normalized spacial score (nSPS) is 10.6. The Morgan fingerprint density at radius 2 is 2.25 bits per heavy atom. The van der Waals surface area contributed by atoms with E-state index >= 15 is 0 Å². The Kier molecular flexibility index (Phi) is 4.74. The minimum Gasteiger partial charge on any atom is -0.341 e. The summed E-state index contributed by atoms with van der Waals surface area (Å²) in [6.07, 6.45) is 1.57. The van der Waals surface area contributed by atoms with E-state index in [1.165, 1.54) is 0 Å². The van der Waals surface area contributed by atoms with E-state index in [4.69, 9.17) is 11.6 Å². The van der Waals surface area contributed by atoms with E-state index in [1.807, 2.05) is 0 Å². The van der Waals surface area contributed by atoms with Crippen molar-refractivity contribution in [2.24, 2.45) is 5.92 Å². The van der Waals surface area contributed by atoms with Crippen molar-refractivity contribution in [3.63, 3.8) is 0 Å². The first-order valence-electron chi connectivity index (χ1n) is 4.98. The number of pyridine rings is 1. The van der Waals surface area contributed by atoms with E-state index in [0.717, 1.165) is 4.47 Å². The zero-order valence-corrected chi connectivity index (χ0v) is 11.8. The average molecular weight is 306 g/mol. The van der Waals surface area contributed by atoms with Crippen LogP contribution < -0.4 is 0 Å². The number of amides is 1. The largest absolute Gasteiger partial charge is 0.341 e. The van der Waals surface area contributed by atoms with Crippen LogP contribution in [0.15, 0.2) is 16.7 Å². The van der Waals surface area contributed by atoms with Gasteiger partial charge in [-0.25, -0.2) is 4.98 Å². The second-order valence-corrected chi connectivity index (χ2v) is 5.35. The molecule has 1 aromatic rings. The van der Waals surface area contributed by atoms with Crippen LogP contribution in [0.5, 0.6) is 0 Å². The van der Waals surface area contributed by atoms with Gasteiger partial charge in [0.15, 0.2) is 0 Å². The molecule has 0 atom stereocenters. The fourth-order valence-electron chi connectivity index (χ4n) is 1.41. The highest BCUT2D eigenvalue weighted by molar-refractivity contribution is 9.10. The van der Waals surface area contributed by atoms with Crippen LogP contribution in [0, 0.1) is 5.92 Å². The first kappa shape index (κ1) is 13.5. The first-order valence-corrected chi connectivity index (χ1v) is 6.15. The molecule has 0 aliphatic heterocycles. The average Bonchev–Trinajstić information content (AvgIpc) is 2.19. The van der Waals surface area contributed by atoms with Crippen LogP contribution in [-0.4, -0.2) is 29.4 Å². The van der Waals surface area contributed by atoms with Gasteiger partial charge in [0, 0.05) is 24.3 Å². The summed E-state index contributed by atoms with van der Waals surface area (Å²) in [5.74, 6) is 0.320. The molecule has 0 saturated carbocycles. The maximum Gasteiger partial charge on any atom is 0.256 e. The highest BCUT2D eigenvalue weighted by Crippen LogP contribution is 2.19. The Balaban J connectivity index is 2.91. The van der Waals surface area contributed by atoms with Crippen molar-refractivity contribution < 1.29 is 4.79 Å². The van der Waals surface area contributed by atoms with Gasteiger partial charge in [-0.15, -0.1) is 0 Å². The molecule has 0 radical (unpaired) electrons. The highest BCUT2D eigenvalue weighted by Gasteiger charge is 2.17. The molecule has 0 N–H and O–H groups in total. The third kappa shape index (κ3) is 3.46. The Morgan fingerprint density at radius 3 is 2.81 bits per heavy atom. The molecule has 0 fully saturated rings. The molecule has 0 unspecified atom stereocenters. The Hall–Kier alpha value is -0.610. The number of halogens is 2. The summed E-state index contributed by atoms with van der Waals surface area (Å²) in [6, 6.07) is 1.69. The highest BCUT2D eigenvalue weighted by atomic mass is 79.9. The number of hydrogen-bond acceptors (Lipinski definition) is 2. The third-order valence-electron chi connectivity index (χ3n) is 2.02. The quantitative estimate of drug-likeness (QED) is 0.803. The molecule has 16 heavy (non-hydrogen) atoms.